The zero-order valence-electron chi connectivity index (χ0n) is 14.6. The maximum absolute atomic E-state index is 12.8. The van der Waals surface area contributed by atoms with Gasteiger partial charge in [0.1, 0.15) is 24.0 Å². The van der Waals surface area contributed by atoms with Gasteiger partial charge in [0.05, 0.1) is 23.9 Å². The molecule has 0 amide bonds. The average Bonchev–Trinajstić information content (AvgIpc) is 3.31. The van der Waals surface area contributed by atoms with Gasteiger partial charge >= 0.3 is 0 Å². The van der Waals surface area contributed by atoms with Crippen molar-refractivity contribution >= 4 is 11.9 Å². The van der Waals surface area contributed by atoms with Crippen molar-refractivity contribution in [1.82, 2.24) is 4.90 Å². The van der Waals surface area contributed by atoms with Crippen LogP contribution in [0.3, 0.4) is 0 Å². The van der Waals surface area contributed by atoms with Crippen LogP contribution in [0.1, 0.15) is 27.2 Å². The number of Topliss-reactive ketones (excluding diaryl/α,β-unsaturated/α-hetero) is 1. The standard InChI is InChI=1S/C22H17NO4/c24-21-17-8-9-19-18(13-23(14-26-19)12-16-7-4-10-25-16)22(17)27-20(21)11-15-5-2-1-3-6-15/h1-11H,12-14H2/b20-11-. The maximum Gasteiger partial charge on any atom is 0.231 e. The molecule has 0 radical (unpaired) electrons. The van der Waals surface area contributed by atoms with Gasteiger partial charge in [-0.1, -0.05) is 30.3 Å². The highest BCUT2D eigenvalue weighted by atomic mass is 16.5. The molecule has 2 aliphatic rings. The fraction of sp³-hybridized carbons (Fsp3) is 0.136. The molecule has 0 aliphatic carbocycles. The Morgan fingerprint density at radius 3 is 2.74 bits per heavy atom. The first-order valence-corrected chi connectivity index (χ1v) is 8.80. The Balaban J connectivity index is 1.45. The lowest BCUT2D eigenvalue weighted by molar-refractivity contribution is 0.0810. The van der Waals surface area contributed by atoms with E-state index in [0.717, 1.165) is 22.6 Å². The molecule has 2 aromatic carbocycles. The quantitative estimate of drug-likeness (QED) is 0.655. The molecule has 0 fully saturated rings. The number of nitrogens with zero attached hydrogens (tertiary/aromatic N) is 1. The first kappa shape index (κ1) is 15.9. The van der Waals surface area contributed by atoms with Crippen LogP contribution in [-0.4, -0.2) is 17.4 Å². The molecule has 0 N–H and O–H groups in total. The number of fused-ring (bicyclic) bond motifs is 3. The number of hydrogen-bond donors (Lipinski definition) is 0. The smallest absolute Gasteiger partial charge is 0.231 e. The van der Waals surface area contributed by atoms with Crippen LogP contribution in [0.25, 0.3) is 6.08 Å². The van der Waals surface area contributed by atoms with E-state index in [9.17, 15) is 4.79 Å². The Morgan fingerprint density at radius 2 is 1.93 bits per heavy atom. The minimum Gasteiger partial charge on any atom is -0.478 e. The minimum absolute atomic E-state index is 0.0974. The number of hydrogen-bond acceptors (Lipinski definition) is 5. The van der Waals surface area contributed by atoms with Crippen molar-refractivity contribution in [3.63, 3.8) is 0 Å². The second-order valence-corrected chi connectivity index (χ2v) is 6.61. The third kappa shape index (κ3) is 2.92. The Morgan fingerprint density at radius 1 is 1.04 bits per heavy atom. The van der Waals surface area contributed by atoms with E-state index >= 15 is 0 Å². The molecular formula is C22H17NO4. The molecule has 2 aliphatic heterocycles. The number of allylic oxidation sites excluding steroid dienone is 1. The summed E-state index contributed by atoms with van der Waals surface area (Å²) < 4.78 is 17.3. The van der Waals surface area contributed by atoms with E-state index in [-0.39, 0.29) is 5.78 Å². The monoisotopic (exact) mass is 359 g/mol. The summed E-state index contributed by atoms with van der Waals surface area (Å²) in [6.07, 6.45) is 3.44. The number of rotatable bonds is 3. The van der Waals surface area contributed by atoms with Gasteiger partial charge in [0.25, 0.3) is 0 Å². The second-order valence-electron chi connectivity index (χ2n) is 6.61. The van der Waals surface area contributed by atoms with Crippen LogP contribution in [0, 0.1) is 0 Å². The highest BCUT2D eigenvalue weighted by Gasteiger charge is 2.33. The van der Waals surface area contributed by atoms with E-state index in [0.29, 0.717) is 36.9 Å². The number of ether oxygens (including phenoxy) is 2. The Bertz CT molecular complexity index is 1020. The van der Waals surface area contributed by atoms with E-state index < -0.39 is 0 Å². The van der Waals surface area contributed by atoms with Gasteiger partial charge in [-0.2, -0.15) is 0 Å². The molecule has 0 spiro atoms. The van der Waals surface area contributed by atoms with Gasteiger partial charge in [-0.05, 0) is 35.9 Å². The number of ketones is 1. The summed E-state index contributed by atoms with van der Waals surface area (Å²) in [5, 5.41) is 0. The van der Waals surface area contributed by atoms with E-state index in [1.807, 2.05) is 48.5 Å². The Kier molecular flexibility index (Phi) is 3.80. The fourth-order valence-electron chi connectivity index (χ4n) is 3.43. The first-order chi connectivity index (χ1) is 13.3. The van der Waals surface area contributed by atoms with Gasteiger partial charge < -0.3 is 13.9 Å². The van der Waals surface area contributed by atoms with E-state index in [1.165, 1.54) is 0 Å². The normalized spacial score (nSPS) is 17.3. The molecule has 0 atom stereocenters. The fourth-order valence-corrected chi connectivity index (χ4v) is 3.43. The predicted octanol–water partition coefficient (Wildman–Crippen LogP) is 4.25. The topological polar surface area (TPSA) is 51.9 Å². The molecular weight excluding hydrogens is 342 g/mol. The van der Waals surface area contributed by atoms with Crippen LogP contribution >= 0.6 is 0 Å². The van der Waals surface area contributed by atoms with Gasteiger partial charge in [0.2, 0.25) is 5.78 Å². The lowest BCUT2D eigenvalue weighted by atomic mass is 10.0. The first-order valence-electron chi connectivity index (χ1n) is 8.80. The molecule has 5 heteroatoms. The van der Waals surface area contributed by atoms with Crippen molar-refractivity contribution in [2.24, 2.45) is 0 Å². The minimum atomic E-state index is -0.0974. The summed E-state index contributed by atoms with van der Waals surface area (Å²) in [6.45, 7) is 1.73. The summed E-state index contributed by atoms with van der Waals surface area (Å²) >= 11 is 0. The van der Waals surface area contributed by atoms with Crippen LogP contribution in [0.15, 0.2) is 71.0 Å². The van der Waals surface area contributed by atoms with Crippen molar-refractivity contribution < 1.29 is 18.7 Å². The third-order valence-electron chi connectivity index (χ3n) is 4.74. The van der Waals surface area contributed by atoms with Crippen LogP contribution in [-0.2, 0) is 13.1 Å². The van der Waals surface area contributed by atoms with Gasteiger partial charge in [0, 0.05) is 6.54 Å². The molecule has 5 nitrogen and oxygen atoms in total. The lowest BCUT2D eigenvalue weighted by Gasteiger charge is -2.29. The van der Waals surface area contributed by atoms with Gasteiger partial charge in [-0.15, -0.1) is 0 Å². The van der Waals surface area contributed by atoms with E-state index in [1.54, 1.807) is 18.4 Å². The Hall–Kier alpha value is -3.31. The molecule has 1 aromatic heterocycles. The zero-order valence-corrected chi connectivity index (χ0v) is 14.6. The molecule has 5 rings (SSSR count). The highest BCUT2D eigenvalue weighted by Crippen LogP contribution is 2.42. The van der Waals surface area contributed by atoms with Gasteiger partial charge in [-0.25, -0.2) is 0 Å². The molecule has 3 aromatic rings. The molecule has 134 valence electrons. The predicted molar refractivity (Wildman–Crippen MR) is 99.3 cm³/mol. The van der Waals surface area contributed by atoms with Crippen LogP contribution < -0.4 is 9.47 Å². The van der Waals surface area contributed by atoms with Crippen molar-refractivity contribution in [3.8, 4) is 11.5 Å². The number of furan rings is 1. The molecule has 0 saturated heterocycles. The summed E-state index contributed by atoms with van der Waals surface area (Å²) in [5.74, 6) is 2.48. The average molecular weight is 359 g/mol. The van der Waals surface area contributed by atoms with Crippen molar-refractivity contribution in [2.45, 2.75) is 13.1 Å². The van der Waals surface area contributed by atoms with E-state index in [4.69, 9.17) is 13.9 Å². The van der Waals surface area contributed by atoms with Crippen LogP contribution in [0.5, 0.6) is 11.5 Å². The SMILES string of the molecule is O=C1/C(=C/c2ccccc2)Oc2c1ccc1c2CN(Cc2ccco2)CO1. The van der Waals surface area contributed by atoms with Crippen molar-refractivity contribution in [2.75, 3.05) is 6.73 Å². The maximum atomic E-state index is 12.8. The zero-order chi connectivity index (χ0) is 18.2. The Labute approximate surface area is 156 Å². The second kappa shape index (κ2) is 6.45. The molecule has 0 saturated carbocycles. The molecule has 3 heterocycles. The van der Waals surface area contributed by atoms with Crippen molar-refractivity contribution in [1.29, 1.82) is 0 Å². The summed E-state index contributed by atoms with van der Waals surface area (Å²) in [4.78, 5) is 14.9. The lowest BCUT2D eigenvalue weighted by Crippen LogP contribution is -2.31. The van der Waals surface area contributed by atoms with Crippen LogP contribution in [0.4, 0.5) is 0 Å². The molecule has 27 heavy (non-hydrogen) atoms. The van der Waals surface area contributed by atoms with E-state index in [2.05, 4.69) is 4.90 Å². The summed E-state index contributed by atoms with van der Waals surface area (Å²) in [6, 6.07) is 17.1. The number of benzene rings is 2. The number of carbonyl (C=O) groups is 1. The summed E-state index contributed by atoms with van der Waals surface area (Å²) in [7, 11) is 0. The van der Waals surface area contributed by atoms with Gasteiger partial charge in [0.15, 0.2) is 5.76 Å². The molecule has 0 unspecified atom stereocenters. The van der Waals surface area contributed by atoms with Gasteiger partial charge in [-0.3, -0.25) is 9.69 Å². The third-order valence-corrected chi connectivity index (χ3v) is 4.74. The van der Waals surface area contributed by atoms with Crippen molar-refractivity contribution in [3.05, 3.63) is 89.1 Å². The highest BCUT2D eigenvalue weighted by molar-refractivity contribution is 6.15. The largest absolute Gasteiger partial charge is 0.478 e. The molecule has 0 bridgehead atoms. The summed E-state index contributed by atoms with van der Waals surface area (Å²) in [5.41, 5.74) is 2.41. The van der Waals surface area contributed by atoms with Crippen LogP contribution in [0.2, 0.25) is 0 Å². The number of carbonyl (C=O) groups excluding carboxylic acids is 1.